The number of nitrogens with one attached hydrogen (secondary N) is 1. The molecule has 1 amide bonds. The Morgan fingerprint density at radius 1 is 0.971 bits per heavy atom. The van der Waals surface area contributed by atoms with Gasteiger partial charge in [-0.15, -0.1) is 0 Å². The van der Waals surface area contributed by atoms with Crippen LogP contribution in [0.2, 0.25) is 10.0 Å². The molecule has 4 rings (SSSR count). The monoisotopic (exact) mass is 518 g/mol. The number of carbonyl (C=O) groups excluding carboxylic acids is 1. The van der Waals surface area contributed by atoms with E-state index < -0.39 is 15.9 Å². The van der Waals surface area contributed by atoms with Crippen LogP contribution in [0.25, 0.3) is 0 Å². The van der Waals surface area contributed by atoms with E-state index in [4.69, 9.17) is 27.9 Å². The van der Waals surface area contributed by atoms with Gasteiger partial charge in [-0.25, -0.2) is 12.7 Å². The fourth-order valence-corrected chi connectivity index (χ4v) is 5.73. The van der Waals surface area contributed by atoms with Gasteiger partial charge in [0.05, 0.1) is 21.7 Å². The number of rotatable bonds is 7. The maximum Gasteiger partial charge on any atom is 0.228 e. The number of para-hydroxylation sites is 1. The molecule has 1 aliphatic rings. The summed E-state index contributed by atoms with van der Waals surface area (Å²) in [6.45, 7) is 0.531. The second-order valence-corrected chi connectivity index (χ2v) is 10.9. The van der Waals surface area contributed by atoms with Crippen molar-refractivity contribution in [1.29, 1.82) is 0 Å². The van der Waals surface area contributed by atoms with E-state index in [1.807, 2.05) is 30.3 Å². The van der Waals surface area contributed by atoms with Gasteiger partial charge in [0, 0.05) is 18.8 Å². The Kier molecular flexibility index (Phi) is 7.78. The lowest BCUT2D eigenvalue weighted by atomic mass is 9.99. The van der Waals surface area contributed by atoms with E-state index in [2.05, 4.69) is 5.32 Å². The second kappa shape index (κ2) is 10.8. The van der Waals surface area contributed by atoms with E-state index in [-0.39, 0.29) is 18.2 Å². The lowest BCUT2D eigenvalue weighted by molar-refractivity contribution is -0.120. The van der Waals surface area contributed by atoms with Crippen LogP contribution in [-0.2, 0) is 20.6 Å². The number of sulfonamides is 1. The van der Waals surface area contributed by atoms with Crippen molar-refractivity contribution in [2.45, 2.75) is 18.6 Å². The smallest absolute Gasteiger partial charge is 0.228 e. The first-order valence-electron chi connectivity index (χ1n) is 10.9. The van der Waals surface area contributed by atoms with E-state index >= 15 is 0 Å². The Bertz CT molecular complexity index is 1250. The molecule has 1 heterocycles. The third kappa shape index (κ3) is 6.30. The first kappa shape index (κ1) is 24.5. The zero-order valence-corrected chi connectivity index (χ0v) is 20.6. The van der Waals surface area contributed by atoms with Gasteiger partial charge >= 0.3 is 0 Å². The molecule has 0 spiro atoms. The average Bonchev–Trinajstić information content (AvgIpc) is 2.83. The van der Waals surface area contributed by atoms with Crippen LogP contribution in [0.15, 0.2) is 72.8 Å². The molecule has 3 aromatic carbocycles. The molecule has 1 atom stereocenters. The van der Waals surface area contributed by atoms with Gasteiger partial charge < -0.3 is 10.1 Å². The van der Waals surface area contributed by atoms with Crippen molar-refractivity contribution >= 4 is 44.8 Å². The fraction of sp³-hybridized carbons (Fsp3) is 0.240. The molecule has 1 saturated heterocycles. The first-order valence-corrected chi connectivity index (χ1v) is 13.2. The van der Waals surface area contributed by atoms with Crippen LogP contribution in [0.3, 0.4) is 0 Å². The van der Waals surface area contributed by atoms with E-state index in [0.717, 1.165) is 5.75 Å². The third-order valence-corrected chi connectivity index (χ3v) is 8.14. The van der Waals surface area contributed by atoms with Gasteiger partial charge in [-0.3, -0.25) is 4.79 Å². The highest BCUT2D eigenvalue weighted by Gasteiger charge is 2.32. The second-order valence-electron chi connectivity index (χ2n) is 8.13. The summed E-state index contributed by atoms with van der Waals surface area (Å²) in [6, 6.07) is 21.3. The Morgan fingerprint density at radius 2 is 1.68 bits per heavy atom. The van der Waals surface area contributed by atoms with Gasteiger partial charge in [-0.1, -0.05) is 47.5 Å². The molecule has 1 fully saturated rings. The summed E-state index contributed by atoms with van der Waals surface area (Å²) in [6.07, 6.45) is 1.24. The minimum atomic E-state index is -3.61. The highest BCUT2D eigenvalue weighted by Crippen LogP contribution is 2.27. The number of benzene rings is 3. The minimum Gasteiger partial charge on any atom is -0.457 e. The molecule has 1 N–H and O–H groups in total. The Morgan fingerprint density at radius 3 is 2.38 bits per heavy atom. The Balaban J connectivity index is 1.36. The van der Waals surface area contributed by atoms with Gasteiger partial charge in [0.25, 0.3) is 0 Å². The van der Waals surface area contributed by atoms with Crippen molar-refractivity contribution in [3.8, 4) is 11.5 Å². The molecule has 0 aliphatic carbocycles. The molecule has 178 valence electrons. The standard InChI is InChI=1S/C25H24Cl2N2O4S/c26-23-13-8-18(15-24(23)27)17-34(31,32)29-14-4-5-19(16-29)25(30)28-20-9-11-22(12-10-20)33-21-6-2-1-3-7-21/h1-3,6-13,15,19H,4-5,14,16-17H2,(H,28,30)/t19-/m0/s1. The van der Waals surface area contributed by atoms with Crippen LogP contribution in [0.5, 0.6) is 11.5 Å². The van der Waals surface area contributed by atoms with Crippen molar-refractivity contribution in [3.05, 3.63) is 88.4 Å². The van der Waals surface area contributed by atoms with Gasteiger partial charge in [0.15, 0.2) is 0 Å². The van der Waals surface area contributed by atoms with Gasteiger partial charge in [0.1, 0.15) is 11.5 Å². The highest BCUT2D eigenvalue weighted by molar-refractivity contribution is 7.88. The van der Waals surface area contributed by atoms with Gasteiger partial charge in [0.2, 0.25) is 15.9 Å². The van der Waals surface area contributed by atoms with Crippen molar-refractivity contribution in [1.82, 2.24) is 4.31 Å². The molecule has 0 saturated carbocycles. The Labute approximate surface area is 209 Å². The molecule has 1 aliphatic heterocycles. The number of amides is 1. The van der Waals surface area contributed by atoms with Crippen LogP contribution in [0.1, 0.15) is 18.4 Å². The zero-order valence-electron chi connectivity index (χ0n) is 18.3. The number of piperidine rings is 1. The molecule has 9 heteroatoms. The number of halogens is 2. The van der Waals surface area contributed by atoms with Gasteiger partial charge in [-0.05, 0) is 66.9 Å². The number of hydrogen-bond acceptors (Lipinski definition) is 4. The molecular weight excluding hydrogens is 495 g/mol. The molecule has 0 unspecified atom stereocenters. The summed E-state index contributed by atoms with van der Waals surface area (Å²) in [5.41, 5.74) is 1.18. The molecule has 0 bridgehead atoms. The van der Waals surface area contributed by atoms with Crippen molar-refractivity contribution < 1.29 is 17.9 Å². The van der Waals surface area contributed by atoms with E-state index in [1.54, 1.807) is 42.5 Å². The maximum atomic E-state index is 13.0. The summed E-state index contributed by atoms with van der Waals surface area (Å²) in [5, 5.41) is 3.57. The Hall–Kier alpha value is -2.58. The quantitative estimate of drug-likeness (QED) is 0.418. The predicted octanol–water partition coefficient (Wildman–Crippen LogP) is 5.97. The number of carbonyl (C=O) groups is 1. The van der Waals surface area contributed by atoms with E-state index in [1.165, 1.54) is 4.31 Å². The van der Waals surface area contributed by atoms with Crippen molar-refractivity contribution in [2.24, 2.45) is 5.92 Å². The molecule has 0 aromatic heterocycles. The first-order chi connectivity index (χ1) is 16.3. The number of ether oxygens (including phenoxy) is 1. The van der Waals surface area contributed by atoms with Crippen LogP contribution in [0.4, 0.5) is 5.69 Å². The SMILES string of the molecule is O=C(Nc1ccc(Oc2ccccc2)cc1)[C@H]1CCCN(S(=O)(=O)Cc2ccc(Cl)c(Cl)c2)C1. The lowest BCUT2D eigenvalue weighted by Gasteiger charge is -2.31. The number of nitrogens with zero attached hydrogens (tertiary/aromatic N) is 1. The maximum absolute atomic E-state index is 13.0. The number of anilines is 1. The van der Waals surface area contributed by atoms with Crippen LogP contribution in [-0.4, -0.2) is 31.7 Å². The number of hydrogen-bond donors (Lipinski definition) is 1. The zero-order chi connectivity index (χ0) is 24.1. The lowest BCUT2D eigenvalue weighted by Crippen LogP contribution is -2.44. The summed E-state index contributed by atoms with van der Waals surface area (Å²) in [4.78, 5) is 12.9. The minimum absolute atomic E-state index is 0.144. The molecule has 0 radical (unpaired) electrons. The fourth-order valence-electron chi connectivity index (χ4n) is 3.82. The van der Waals surface area contributed by atoms with Crippen LogP contribution < -0.4 is 10.1 Å². The van der Waals surface area contributed by atoms with Crippen LogP contribution in [0, 0.1) is 5.92 Å². The molecular formula is C25H24Cl2N2O4S. The summed E-state index contributed by atoms with van der Waals surface area (Å²) >= 11 is 11.9. The third-order valence-electron chi connectivity index (χ3n) is 5.58. The average molecular weight is 519 g/mol. The predicted molar refractivity (Wildman–Crippen MR) is 135 cm³/mol. The van der Waals surface area contributed by atoms with Crippen LogP contribution >= 0.6 is 23.2 Å². The topological polar surface area (TPSA) is 75.7 Å². The molecule has 3 aromatic rings. The van der Waals surface area contributed by atoms with E-state index in [9.17, 15) is 13.2 Å². The highest BCUT2D eigenvalue weighted by atomic mass is 35.5. The van der Waals surface area contributed by atoms with Crippen molar-refractivity contribution in [3.63, 3.8) is 0 Å². The summed E-state index contributed by atoms with van der Waals surface area (Å²) in [7, 11) is -3.61. The normalized spacial score (nSPS) is 16.7. The van der Waals surface area contributed by atoms with Gasteiger partial charge in [-0.2, -0.15) is 0 Å². The van der Waals surface area contributed by atoms with Crippen molar-refractivity contribution in [2.75, 3.05) is 18.4 Å². The largest absolute Gasteiger partial charge is 0.457 e. The summed E-state index contributed by atoms with van der Waals surface area (Å²) in [5.74, 6) is 0.551. The molecule has 6 nitrogen and oxygen atoms in total. The van der Waals surface area contributed by atoms with E-state index in [0.29, 0.717) is 46.4 Å². The molecule has 34 heavy (non-hydrogen) atoms. The summed E-state index contributed by atoms with van der Waals surface area (Å²) < 4.78 is 33.1.